The number of amides is 1. The standard InChI is InChI=1S/C20H19N5O2/c21-13-14-5-7-15(8-6-14)18(19(22)26)24-9-11-25(12-10-24)20-23-16-3-1-2-4-17(16)27-20/h1-8,18H,9-12H2,(H2,22,26). The second-order valence-corrected chi connectivity index (χ2v) is 6.53. The van der Waals surface area contributed by atoms with Crippen molar-refractivity contribution in [3.8, 4) is 6.07 Å². The van der Waals surface area contributed by atoms with Crippen LogP contribution in [0.2, 0.25) is 0 Å². The molecule has 1 amide bonds. The predicted octanol–water partition coefficient (Wildman–Crippen LogP) is 2.05. The van der Waals surface area contributed by atoms with Gasteiger partial charge in [0.2, 0.25) is 5.91 Å². The fraction of sp³-hybridized carbons (Fsp3) is 0.250. The van der Waals surface area contributed by atoms with Crippen molar-refractivity contribution in [2.75, 3.05) is 31.1 Å². The van der Waals surface area contributed by atoms with Crippen LogP contribution < -0.4 is 10.6 Å². The van der Waals surface area contributed by atoms with E-state index in [0.29, 0.717) is 37.8 Å². The van der Waals surface area contributed by atoms with E-state index in [1.54, 1.807) is 24.3 Å². The third-order valence-corrected chi connectivity index (χ3v) is 4.86. The first kappa shape index (κ1) is 17.1. The lowest BCUT2D eigenvalue weighted by molar-refractivity contribution is -0.123. The fourth-order valence-corrected chi connectivity index (χ4v) is 3.46. The maximum absolute atomic E-state index is 12.1. The first-order valence-corrected chi connectivity index (χ1v) is 8.79. The Morgan fingerprint density at radius 3 is 2.44 bits per heavy atom. The van der Waals surface area contributed by atoms with Crippen LogP contribution in [-0.2, 0) is 4.79 Å². The number of hydrogen-bond acceptors (Lipinski definition) is 6. The Labute approximate surface area is 156 Å². The molecule has 2 aromatic carbocycles. The molecule has 0 bridgehead atoms. The molecule has 1 aliphatic rings. The summed E-state index contributed by atoms with van der Waals surface area (Å²) >= 11 is 0. The molecule has 0 saturated carbocycles. The molecule has 7 nitrogen and oxygen atoms in total. The van der Waals surface area contributed by atoms with E-state index in [9.17, 15) is 4.79 Å². The van der Waals surface area contributed by atoms with Crippen molar-refractivity contribution in [1.29, 1.82) is 5.26 Å². The molecule has 7 heteroatoms. The number of anilines is 1. The summed E-state index contributed by atoms with van der Waals surface area (Å²) in [6.07, 6.45) is 0. The number of oxazole rings is 1. The summed E-state index contributed by atoms with van der Waals surface area (Å²) in [5.74, 6) is -0.394. The second kappa shape index (κ2) is 7.09. The van der Waals surface area contributed by atoms with Gasteiger partial charge in [-0.15, -0.1) is 0 Å². The molecule has 1 fully saturated rings. The molecule has 1 atom stereocenters. The highest BCUT2D eigenvalue weighted by Crippen LogP contribution is 2.26. The third kappa shape index (κ3) is 3.35. The highest BCUT2D eigenvalue weighted by molar-refractivity contribution is 5.81. The van der Waals surface area contributed by atoms with Gasteiger partial charge >= 0.3 is 0 Å². The largest absolute Gasteiger partial charge is 0.423 e. The van der Waals surface area contributed by atoms with Crippen molar-refractivity contribution in [2.24, 2.45) is 5.73 Å². The van der Waals surface area contributed by atoms with Gasteiger partial charge < -0.3 is 15.1 Å². The Hall–Kier alpha value is -3.37. The van der Waals surface area contributed by atoms with Crippen molar-refractivity contribution < 1.29 is 9.21 Å². The van der Waals surface area contributed by atoms with Gasteiger partial charge in [0.15, 0.2) is 5.58 Å². The molecule has 0 spiro atoms. The van der Waals surface area contributed by atoms with Crippen molar-refractivity contribution >= 4 is 23.0 Å². The Balaban J connectivity index is 1.49. The van der Waals surface area contributed by atoms with Crippen molar-refractivity contribution in [2.45, 2.75) is 6.04 Å². The van der Waals surface area contributed by atoms with Gasteiger partial charge in [0.05, 0.1) is 11.6 Å². The van der Waals surface area contributed by atoms with Gasteiger partial charge in [-0.1, -0.05) is 24.3 Å². The van der Waals surface area contributed by atoms with Gasteiger partial charge in [0, 0.05) is 26.2 Å². The number of nitrogens with two attached hydrogens (primary N) is 1. The van der Waals surface area contributed by atoms with Crippen LogP contribution in [0.4, 0.5) is 6.01 Å². The molecule has 136 valence electrons. The zero-order valence-corrected chi connectivity index (χ0v) is 14.7. The molecule has 1 aliphatic heterocycles. The summed E-state index contributed by atoms with van der Waals surface area (Å²) in [6, 6.07) is 16.9. The summed E-state index contributed by atoms with van der Waals surface area (Å²) in [4.78, 5) is 20.8. The first-order chi connectivity index (χ1) is 13.2. The lowest BCUT2D eigenvalue weighted by Crippen LogP contribution is -2.50. The van der Waals surface area contributed by atoms with Gasteiger partial charge in [0.25, 0.3) is 6.01 Å². The molecule has 1 saturated heterocycles. The van der Waals surface area contributed by atoms with Gasteiger partial charge in [-0.3, -0.25) is 9.69 Å². The number of hydrogen-bond donors (Lipinski definition) is 1. The monoisotopic (exact) mass is 361 g/mol. The van der Waals surface area contributed by atoms with E-state index in [2.05, 4.69) is 20.9 Å². The van der Waals surface area contributed by atoms with Gasteiger partial charge in [-0.25, -0.2) is 0 Å². The van der Waals surface area contributed by atoms with Crippen LogP contribution in [0.25, 0.3) is 11.1 Å². The molecule has 1 aromatic heterocycles. The Morgan fingerprint density at radius 1 is 1.11 bits per heavy atom. The zero-order chi connectivity index (χ0) is 18.8. The molecular formula is C20H19N5O2. The molecule has 2 heterocycles. The van der Waals surface area contributed by atoms with Crippen molar-refractivity contribution in [3.05, 3.63) is 59.7 Å². The normalized spacial score (nSPS) is 16.2. The molecule has 0 aliphatic carbocycles. The van der Waals surface area contributed by atoms with Crippen LogP contribution >= 0.6 is 0 Å². The van der Waals surface area contributed by atoms with E-state index in [-0.39, 0.29) is 0 Å². The summed E-state index contributed by atoms with van der Waals surface area (Å²) in [5, 5.41) is 8.94. The number of rotatable bonds is 4. The van der Waals surface area contributed by atoms with Gasteiger partial charge in [-0.05, 0) is 29.8 Å². The Bertz CT molecular complexity index is 964. The maximum Gasteiger partial charge on any atom is 0.298 e. The Kier molecular flexibility index (Phi) is 4.48. The number of para-hydroxylation sites is 2. The highest BCUT2D eigenvalue weighted by Gasteiger charge is 2.30. The fourth-order valence-electron chi connectivity index (χ4n) is 3.46. The van der Waals surface area contributed by atoms with E-state index in [1.807, 2.05) is 24.3 Å². The molecule has 2 N–H and O–H groups in total. The summed E-state index contributed by atoms with van der Waals surface area (Å²) in [7, 11) is 0. The molecule has 27 heavy (non-hydrogen) atoms. The number of benzene rings is 2. The quantitative estimate of drug-likeness (QED) is 0.763. The topological polar surface area (TPSA) is 99.4 Å². The number of nitrogens with zero attached hydrogens (tertiary/aromatic N) is 4. The molecule has 3 aromatic rings. The number of piperazine rings is 1. The maximum atomic E-state index is 12.1. The number of carbonyl (C=O) groups excluding carboxylic acids is 1. The molecular weight excluding hydrogens is 342 g/mol. The molecule has 4 rings (SSSR count). The number of fused-ring (bicyclic) bond motifs is 1. The number of primary amides is 1. The SMILES string of the molecule is N#Cc1ccc(C(C(N)=O)N2CCN(c3nc4ccccc4o3)CC2)cc1. The van der Waals surface area contributed by atoms with Crippen LogP contribution in [0.5, 0.6) is 0 Å². The van der Waals surface area contributed by atoms with Crippen LogP contribution in [0.1, 0.15) is 17.2 Å². The van der Waals surface area contributed by atoms with E-state index >= 15 is 0 Å². The lowest BCUT2D eigenvalue weighted by atomic mass is 10.0. The summed E-state index contributed by atoms with van der Waals surface area (Å²) in [6.45, 7) is 2.69. The van der Waals surface area contributed by atoms with Crippen molar-refractivity contribution in [1.82, 2.24) is 9.88 Å². The van der Waals surface area contributed by atoms with Crippen LogP contribution in [-0.4, -0.2) is 42.0 Å². The number of nitriles is 1. The minimum atomic E-state index is -0.511. The van der Waals surface area contributed by atoms with Gasteiger partial charge in [0.1, 0.15) is 11.6 Å². The number of aromatic nitrogens is 1. The second-order valence-electron chi connectivity index (χ2n) is 6.53. The average Bonchev–Trinajstić information content (AvgIpc) is 3.13. The summed E-state index contributed by atoms with van der Waals surface area (Å²) < 4.78 is 5.83. The zero-order valence-electron chi connectivity index (χ0n) is 14.7. The van der Waals surface area contributed by atoms with E-state index in [0.717, 1.165) is 16.7 Å². The van der Waals surface area contributed by atoms with Crippen LogP contribution in [0.3, 0.4) is 0 Å². The number of carbonyl (C=O) groups is 1. The third-order valence-electron chi connectivity index (χ3n) is 4.86. The molecule has 0 radical (unpaired) electrons. The predicted molar refractivity (Wildman–Crippen MR) is 101 cm³/mol. The Morgan fingerprint density at radius 2 is 1.81 bits per heavy atom. The van der Waals surface area contributed by atoms with E-state index < -0.39 is 11.9 Å². The average molecular weight is 361 g/mol. The minimum Gasteiger partial charge on any atom is -0.423 e. The minimum absolute atomic E-state index is 0.394. The lowest BCUT2D eigenvalue weighted by Gasteiger charge is -2.37. The molecule has 1 unspecified atom stereocenters. The van der Waals surface area contributed by atoms with Crippen LogP contribution in [0, 0.1) is 11.3 Å². The highest BCUT2D eigenvalue weighted by atomic mass is 16.4. The van der Waals surface area contributed by atoms with Crippen molar-refractivity contribution in [3.63, 3.8) is 0 Å². The van der Waals surface area contributed by atoms with E-state index in [1.165, 1.54) is 0 Å². The first-order valence-electron chi connectivity index (χ1n) is 8.79. The summed E-state index contributed by atoms with van der Waals surface area (Å²) in [5.41, 5.74) is 8.64. The van der Waals surface area contributed by atoms with Crippen LogP contribution in [0.15, 0.2) is 52.9 Å². The van der Waals surface area contributed by atoms with E-state index in [4.69, 9.17) is 15.4 Å². The smallest absolute Gasteiger partial charge is 0.298 e. The van der Waals surface area contributed by atoms with Gasteiger partial charge in [-0.2, -0.15) is 10.2 Å².